The van der Waals surface area contributed by atoms with Gasteiger partial charge in [0.1, 0.15) is 84.3 Å². The summed E-state index contributed by atoms with van der Waals surface area (Å²) in [5, 5.41) is 79.8. The van der Waals surface area contributed by atoms with E-state index in [-0.39, 0.29) is 102 Å². The molecular formula is C77H108N20O21. The van der Waals surface area contributed by atoms with Gasteiger partial charge in [-0.3, -0.25) is 76.9 Å². The minimum absolute atomic E-state index is 0.0255. The Kier molecular flexibility index (Phi) is 37.3. The van der Waals surface area contributed by atoms with Gasteiger partial charge in [0.25, 0.3) is 0 Å². The lowest BCUT2D eigenvalue weighted by Crippen LogP contribution is -2.61. The van der Waals surface area contributed by atoms with Crippen molar-refractivity contribution in [3.63, 3.8) is 0 Å². The minimum atomic E-state index is -1.83. The van der Waals surface area contributed by atoms with Gasteiger partial charge in [-0.2, -0.15) is 0 Å². The largest absolute Gasteiger partial charge is 0.508 e. The first kappa shape index (κ1) is 94.2. The molecule has 118 heavy (non-hydrogen) atoms. The molecule has 24 N–H and O–H groups in total. The van der Waals surface area contributed by atoms with Crippen molar-refractivity contribution in [3.05, 3.63) is 120 Å². The highest BCUT2D eigenvalue weighted by atomic mass is 16.4. The van der Waals surface area contributed by atoms with Crippen molar-refractivity contribution in [2.75, 3.05) is 39.4 Å². The summed E-state index contributed by atoms with van der Waals surface area (Å²) in [6.45, 7) is 4.50. The van der Waals surface area contributed by atoms with Crippen molar-refractivity contribution < 1.29 is 102 Å². The molecule has 0 saturated carbocycles. The number of carbonyl (C=O) groups excluding carboxylic acids is 14. The van der Waals surface area contributed by atoms with Crippen LogP contribution < -0.4 is 81.0 Å². The third-order valence-corrected chi connectivity index (χ3v) is 19.8. The van der Waals surface area contributed by atoms with Crippen LogP contribution in [0.15, 0.2) is 102 Å². The van der Waals surface area contributed by atoms with Gasteiger partial charge in [0, 0.05) is 63.6 Å². The van der Waals surface area contributed by atoms with Gasteiger partial charge in [0.15, 0.2) is 5.96 Å². The van der Waals surface area contributed by atoms with Gasteiger partial charge in [0.2, 0.25) is 82.7 Å². The zero-order valence-electron chi connectivity index (χ0n) is 66.1. The lowest BCUT2D eigenvalue weighted by atomic mass is 9.96. The van der Waals surface area contributed by atoms with E-state index in [4.69, 9.17) is 22.3 Å². The molecular weight excluding hydrogens is 1540 g/mol. The Morgan fingerprint density at radius 1 is 0.517 bits per heavy atom. The van der Waals surface area contributed by atoms with Gasteiger partial charge in [0.05, 0.1) is 32.1 Å². The van der Waals surface area contributed by atoms with Crippen LogP contribution in [0.3, 0.4) is 0 Å². The summed E-state index contributed by atoms with van der Waals surface area (Å²) in [7, 11) is 0. The molecule has 0 bridgehead atoms. The molecule has 14 amide bonds. The summed E-state index contributed by atoms with van der Waals surface area (Å²) in [6.07, 6.45) is 2.47. The molecule has 3 aromatic carbocycles. The number of hydrogen-bond acceptors (Lipinski definition) is 22. The van der Waals surface area contributed by atoms with Crippen molar-refractivity contribution in [1.82, 2.24) is 83.6 Å². The number of aromatic nitrogens is 2. The predicted molar refractivity (Wildman–Crippen MR) is 421 cm³/mol. The number of aliphatic hydroxyl groups excluding tert-OH is 2. The molecule has 2 aliphatic rings. The van der Waals surface area contributed by atoms with Gasteiger partial charge in [-0.05, 0) is 100 Å². The number of amides is 14. The third kappa shape index (κ3) is 29.6. The van der Waals surface area contributed by atoms with E-state index in [1.165, 1.54) is 62.5 Å². The standard InChI is InChI=1S/C77H108N20O21/c1-6-41(2)62(95-70(111)53(32-45-16-9-7-10-17-45)88-60(101)37-83-66(107)52(34-47-23-25-49(100)26-24-47)92-72(113)58-21-14-30-96(58)74(115)50(78)27-28-61(102)103)73(114)87-44(5)65(106)90-54(33-46-18-11-8-12-19-46)68(109)93-56(38-98)71(112)89-51(20-13-29-82-77(79)80)67(108)86-42(3)63(104)85-43(4)64(105)91-55(35-48-36-81-40-84-48)69(110)94-57(39-99)75(116)97-31-15-22-59(97)76(117)118/h7-12,16-19,23-26,36,40-44,50-59,62,98-100H,6,13-15,20-22,27-35,37-39,78H2,1-5H3,(H,81,84)(H,83,107)(H,85,104)(H,86,108)(H,87,114)(H,88,101)(H,89,112)(H,90,106)(H,91,105)(H,92,113)(H,93,109)(H,94,110)(H,95,111)(H,102,103)(H,117,118)(H4,79,80,82)/t41-,42-,43-,44-,50-,51-,52-,53-,54-,55-,56-,57-,58-,59-,62-/m0/s1. The molecule has 0 spiro atoms. The first-order valence-corrected chi connectivity index (χ1v) is 38.6. The van der Waals surface area contributed by atoms with E-state index < -0.39 is 205 Å². The van der Waals surface area contributed by atoms with E-state index in [9.17, 15) is 97.1 Å². The second-order valence-corrected chi connectivity index (χ2v) is 28.9. The Hall–Kier alpha value is -12.7. The number of benzene rings is 3. The Balaban J connectivity index is 1.10. The maximum Gasteiger partial charge on any atom is 0.326 e. The van der Waals surface area contributed by atoms with Crippen LogP contribution in [0.5, 0.6) is 5.75 Å². The van der Waals surface area contributed by atoms with Gasteiger partial charge < -0.3 is 121 Å². The van der Waals surface area contributed by atoms with Gasteiger partial charge >= 0.3 is 11.9 Å². The Labute approximate surface area is 679 Å². The Morgan fingerprint density at radius 2 is 0.975 bits per heavy atom. The van der Waals surface area contributed by atoms with Crippen LogP contribution in [-0.4, -0.2) is 270 Å². The van der Waals surface area contributed by atoms with E-state index >= 15 is 0 Å². The van der Waals surface area contributed by atoms with Crippen LogP contribution in [0.25, 0.3) is 0 Å². The average Bonchev–Trinajstić information content (AvgIpc) is 1.70. The van der Waals surface area contributed by atoms with Crippen molar-refractivity contribution in [2.24, 2.45) is 28.1 Å². The van der Waals surface area contributed by atoms with Crippen molar-refractivity contribution in [2.45, 2.75) is 203 Å². The molecule has 2 aliphatic heterocycles. The molecule has 2 fully saturated rings. The number of carbonyl (C=O) groups is 16. The molecule has 41 heteroatoms. The van der Waals surface area contributed by atoms with Crippen LogP contribution in [0, 0.1) is 5.92 Å². The van der Waals surface area contributed by atoms with E-state index in [1.54, 1.807) is 74.5 Å². The van der Waals surface area contributed by atoms with Crippen molar-refractivity contribution >= 4 is 101 Å². The number of phenols is 1. The number of likely N-dealkylation sites (tertiary alicyclic amines) is 2. The van der Waals surface area contributed by atoms with Crippen LogP contribution in [-0.2, 0) is 102 Å². The summed E-state index contributed by atoms with van der Waals surface area (Å²) < 4.78 is 0. The highest BCUT2D eigenvalue weighted by molar-refractivity contribution is 6.00. The number of imidazole rings is 1. The molecule has 3 heterocycles. The average molecular weight is 1650 g/mol. The number of aromatic amines is 1. The minimum Gasteiger partial charge on any atom is -0.508 e. The number of H-pyrrole nitrogens is 1. The van der Waals surface area contributed by atoms with Gasteiger partial charge in [-0.1, -0.05) is 93.1 Å². The zero-order valence-corrected chi connectivity index (χ0v) is 66.1. The molecule has 1 aromatic heterocycles. The molecule has 15 atom stereocenters. The number of carboxylic acids is 2. The molecule has 0 unspecified atom stereocenters. The highest BCUT2D eigenvalue weighted by Gasteiger charge is 2.42. The lowest BCUT2D eigenvalue weighted by Gasteiger charge is -2.29. The predicted octanol–water partition coefficient (Wildman–Crippen LogP) is -5.76. The Bertz CT molecular complexity index is 4160. The SMILES string of the molecule is CC[C@H](C)[C@H](NC(=O)[C@H](Cc1ccccc1)NC(=O)CNC(=O)[C@H](Cc1ccc(O)cc1)NC(=O)[C@@H]1CCCN1C(=O)[C@@H](N)CCC(=O)O)C(=O)N[C@@H](C)C(=O)N[C@@H](Cc1ccccc1)C(=O)N[C@@H](CO)C(=O)N[C@@H](CCCN=C(N)N)C(=O)N[C@@H](C)C(=O)N[C@@H](C)C(=O)N[C@@H](Cc1cnc[nH]1)C(=O)N[C@@H](CO)C(=O)N1CCC[C@H]1C(=O)O. The number of nitrogens with one attached hydrogen (secondary N) is 13. The lowest BCUT2D eigenvalue weighted by molar-refractivity contribution is -0.150. The fourth-order valence-electron chi connectivity index (χ4n) is 12.9. The van der Waals surface area contributed by atoms with Crippen LogP contribution >= 0.6 is 0 Å². The summed E-state index contributed by atoms with van der Waals surface area (Å²) in [5.74, 6) is -16.2. The maximum absolute atomic E-state index is 14.6. The number of aliphatic imine (C=N–C) groups is 1. The second kappa shape index (κ2) is 46.8. The molecule has 2 saturated heterocycles. The number of phenolic OH excluding ortho intramolecular Hbond substituents is 1. The number of hydrogen-bond donors (Lipinski definition) is 21. The molecule has 0 radical (unpaired) electrons. The summed E-state index contributed by atoms with van der Waals surface area (Å²) in [6, 6.07) is 2.39. The number of rotatable bonds is 46. The van der Waals surface area contributed by atoms with Crippen molar-refractivity contribution in [3.8, 4) is 5.75 Å². The van der Waals surface area contributed by atoms with Gasteiger partial charge in [-0.15, -0.1) is 0 Å². The van der Waals surface area contributed by atoms with E-state index in [1.807, 2.05) is 0 Å². The number of aromatic hydroxyl groups is 1. The van der Waals surface area contributed by atoms with E-state index in [0.717, 1.165) is 4.90 Å². The quantitative estimate of drug-likeness (QED) is 0.0111. The van der Waals surface area contributed by atoms with Crippen molar-refractivity contribution in [1.29, 1.82) is 0 Å². The van der Waals surface area contributed by atoms with Gasteiger partial charge in [-0.25, -0.2) is 9.78 Å². The van der Waals surface area contributed by atoms with Crippen LogP contribution in [0.1, 0.15) is 115 Å². The first-order chi connectivity index (χ1) is 56.1. The monoisotopic (exact) mass is 1650 g/mol. The summed E-state index contributed by atoms with van der Waals surface area (Å²) in [5.41, 5.74) is 18.9. The summed E-state index contributed by atoms with van der Waals surface area (Å²) >= 11 is 0. The molecule has 4 aromatic rings. The topological polar surface area (TPSA) is 644 Å². The highest BCUT2D eigenvalue weighted by Crippen LogP contribution is 2.22. The number of nitrogens with zero attached hydrogens (tertiary/aromatic N) is 4. The zero-order chi connectivity index (χ0) is 86.9. The normalized spacial score (nSPS) is 16.9. The second-order valence-electron chi connectivity index (χ2n) is 28.9. The summed E-state index contributed by atoms with van der Waals surface area (Å²) in [4.78, 5) is 232. The Morgan fingerprint density at radius 3 is 1.50 bits per heavy atom. The first-order valence-electron chi connectivity index (χ1n) is 38.6. The number of carboxylic acid groups (broad SMARTS) is 2. The number of guanidine groups is 1. The number of aliphatic carboxylic acids is 2. The molecule has 0 aliphatic carbocycles. The van der Waals surface area contributed by atoms with Crippen LogP contribution in [0.4, 0.5) is 0 Å². The third-order valence-electron chi connectivity index (χ3n) is 19.8. The van der Waals surface area contributed by atoms with E-state index in [2.05, 4.69) is 78.8 Å². The molecule has 41 nitrogen and oxygen atoms in total. The molecule has 642 valence electrons. The number of nitrogens with two attached hydrogens (primary N) is 3. The number of aliphatic hydroxyl groups is 2. The fraction of sp³-hybridized carbons (Fsp3) is 0.506. The van der Waals surface area contributed by atoms with Crippen LogP contribution in [0.2, 0.25) is 0 Å². The maximum atomic E-state index is 14.6. The fourth-order valence-corrected chi connectivity index (χ4v) is 12.9. The molecule has 6 rings (SSSR count). The smallest absolute Gasteiger partial charge is 0.326 e. The van der Waals surface area contributed by atoms with E-state index in [0.29, 0.717) is 35.2 Å².